The van der Waals surface area contributed by atoms with Crippen molar-refractivity contribution in [1.29, 1.82) is 0 Å². The van der Waals surface area contributed by atoms with E-state index in [4.69, 9.17) is 4.99 Å². The first kappa shape index (κ1) is 26.3. The number of halogens is 1. The number of hydrogen-bond donors (Lipinski definition) is 3. The van der Waals surface area contributed by atoms with Gasteiger partial charge in [0.05, 0.1) is 11.6 Å². The topological polar surface area (TPSA) is 95.3 Å². The molecule has 0 unspecified atom stereocenters. The zero-order chi connectivity index (χ0) is 21.2. The Hall–Kier alpha value is -1.69. The fourth-order valence-electron chi connectivity index (χ4n) is 3.36. The number of anilines is 1. The molecule has 0 radical (unpaired) electrons. The highest BCUT2D eigenvalue weighted by Gasteiger charge is 2.12. The van der Waals surface area contributed by atoms with Crippen molar-refractivity contribution >= 4 is 46.8 Å². The van der Waals surface area contributed by atoms with E-state index in [1.54, 1.807) is 17.2 Å². The molecule has 0 aliphatic carbocycles. The van der Waals surface area contributed by atoms with Crippen molar-refractivity contribution in [3.8, 4) is 0 Å². The average molecular weight is 531 g/mol. The van der Waals surface area contributed by atoms with Crippen LogP contribution in [-0.2, 0) is 7.05 Å². The molecule has 0 bridgehead atoms. The van der Waals surface area contributed by atoms with E-state index in [0.717, 1.165) is 62.0 Å². The third-order valence-corrected chi connectivity index (χ3v) is 4.75. The lowest BCUT2D eigenvalue weighted by Gasteiger charge is -2.30. The van der Waals surface area contributed by atoms with Crippen molar-refractivity contribution in [1.82, 2.24) is 35.3 Å². The molecule has 9 nitrogen and oxygen atoms in total. The minimum atomic E-state index is 0. The fourth-order valence-corrected chi connectivity index (χ4v) is 3.36. The highest BCUT2D eigenvalue weighted by molar-refractivity contribution is 14.0. The van der Waals surface area contributed by atoms with E-state index >= 15 is 0 Å². The van der Waals surface area contributed by atoms with Gasteiger partial charge in [-0.15, -0.1) is 24.0 Å². The molecule has 0 aromatic carbocycles. The van der Waals surface area contributed by atoms with Gasteiger partial charge >= 0.3 is 0 Å². The Balaban J connectivity index is 0.00000450. The Kier molecular flexibility index (Phi) is 11.9. The van der Waals surface area contributed by atoms with Gasteiger partial charge in [-0.2, -0.15) is 5.10 Å². The molecule has 0 aliphatic rings. The first-order valence-corrected chi connectivity index (χ1v) is 10.6. The molecule has 0 saturated carbocycles. The number of aliphatic imine (C=N–C) groups is 1. The largest absolute Gasteiger partial charge is 0.368 e. The zero-order valence-corrected chi connectivity index (χ0v) is 21.5. The van der Waals surface area contributed by atoms with Crippen molar-refractivity contribution in [3.63, 3.8) is 0 Å². The van der Waals surface area contributed by atoms with Gasteiger partial charge in [0.2, 0.25) is 0 Å². The number of fused-ring (bicyclic) bond motifs is 1. The highest BCUT2D eigenvalue weighted by Crippen LogP contribution is 2.17. The van der Waals surface area contributed by atoms with Crippen LogP contribution < -0.4 is 16.0 Å². The second kappa shape index (κ2) is 13.6. The van der Waals surface area contributed by atoms with Crippen LogP contribution >= 0.6 is 24.0 Å². The van der Waals surface area contributed by atoms with E-state index in [9.17, 15) is 0 Å². The van der Waals surface area contributed by atoms with Gasteiger partial charge in [0.1, 0.15) is 12.1 Å². The number of aryl methyl sites for hydroxylation is 1. The van der Waals surface area contributed by atoms with Gasteiger partial charge in [0.25, 0.3) is 0 Å². The molecular formula is C20H38IN9. The summed E-state index contributed by atoms with van der Waals surface area (Å²) in [6.07, 6.45) is 4.39. The third-order valence-electron chi connectivity index (χ3n) is 4.75. The quantitative estimate of drug-likeness (QED) is 0.178. The molecule has 0 atom stereocenters. The van der Waals surface area contributed by atoms with Crippen molar-refractivity contribution in [2.45, 2.75) is 53.1 Å². The van der Waals surface area contributed by atoms with E-state index < -0.39 is 0 Å². The summed E-state index contributed by atoms with van der Waals surface area (Å²) in [5.74, 6) is 1.65. The molecule has 30 heavy (non-hydrogen) atoms. The van der Waals surface area contributed by atoms with Crippen LogP contribution in [0.25, 0.3) is 11.0 Å². The van der Waals surface area contributed by atoms with Crippen molar-refractivity contribution in [2.24, 2.45) is 12.0 Å². The predicted octanol–water partition coefficient (Wildman–Crippen LogP) is 2.46. The van der Waals surface area contributed by atoms with Gasteiger partial charge in [-0.25, -0.2) is 9.97 Å². The monoisotopic (exact) mass is 531 g/mol. The molecule has 0 fully saturated rings. The van der Waals surface area contributed by atoms with Crippen LogP contribution in [0.4, 0.5) is 5.82 Å². The molecule has 0 amide bonds. The first-order chi connectivity index (χ1) is 13.9. The summed E-state index contributed by atoms with van der Waals surface area (Å²) >= 11 is 0. The van der Waals surface area contributed by atoms with E-state index in [0.29, 0.717) is 12.1 Å². The Labute approximate surface area is 197 Å². The number of hydrogen-bond acceptors (Lipinski definition) is 6. The normalized spacial score (nSPS) is 12.0. The highest BCUT2D eigenvalue weighted by atomic mass is 127. The second-order valence-corrected chi connectivity index (χ2v) is 7.62. The lowest BCUT2D eigenvalue weighted by molar-refractivity contribution is 0.174. The Morgan fingerprint density at radius 2 is 1.87 bits per heavy atom. The van der Waals surface area contributed by atoms with Crippen molar-refractivity contribution in [2.75, 3.05) is 38.0 Å². The summed E-state index contributed by atoms with van der Waals surface area (Å²) in [5.41, 5.74) is 0.821. The van der Waals surface area contributed by atoms with Gasteiger partial charge in [-0.05, 0) is 41.0 Å². The number of nitrogens with one attached hydrogen (secondary N) is 3. The zero-order valence-electron chi connectivity index (χ0n) is 19.1. The Bertz CT molecular complexity index is 765. The summed E-state index contributed by atoms with van der Waals surface area (Å²) in [6.45, 7) is 15.2. The maximum atomic E-state index is 4.70. The SMILES string of the molecule is CCNC(=NCCCN(C(C)C)C(C)C)NCCNc1ncnc2c1cnn2C.I. The van der Waals surface area contributed by atoms with Crippen LogP contribution in [0.3, 0.4) is 0 Å². The molecule has 2 rings (SSSR count). The molecule has 0 saturated heterocycles. The smallest absolute Gasteiger partial charge is 0.191 e. The summed E-state index contributed by atoms with van der Waals surface area (Å²) < 4.78 is 1.75. The molecule has 2 heterocycles. The second-order valence-electron chi connectivity index (χ2n) is 7.62. The lowest BCUT2D eigenvalue weighted by Crippen LogP contribution is -2.40. The van der Waals surface area contributed by atoms with Crippen molar-refractivity contribution < 1.29 is 0 Å². The van der Waals surface area contributed by atoms with Crippen LogP contribution in [0.15, 0.2) is 17.5 Å². The summed E-state index contributed by atoms with van der Waals surface area (Å²) in [6, 6.07) is 1.12. The van der Waals surface area contributed by atoms with Crippen LogP contribution in [-0.4, -0.2) is 75.4 Å². The number of guanidine groups is 1. The molecule has 0 spiro atoms. The molecule has 3 N–H and O–H groups in total. The van der Waals surface area contributed by atoms with Gasteiger partial charge in [-0.3, -0.25) is 14.6 Å². The van der Waals surface area contributed by atoms with E-state index in [1.807, 2.05) is 7.05 Å². The number of aromatic nitrogens is 4. The number of nitrogens with zero attached hydrogens (tertiary/aromatic N) is 6. The molecule has 10 heteroatoms. The minimum absolute atomic E-state index is 0. The summed E-state index contributed by atoms with van der Waals surface area (Å²) in [7, 11) is 1.88. The van der Waals surface area contributed by atoms with Gasteiger partial charge in [-0.1, -0.05) is 0 Å². The van der Waals surface area contributed by atoms with Crippen LogP contribution in [0.2, 0.25) is 0 Å². The van der Waals surface area contributed by atoms with Gasteiger partial charge < -0.3 is 16.0 Å². The molecule has 0 aliphatic heterocycles. The molecule has 2 aromatic heterocycles. The summed E-state index contributed by atoms with van der Waals surface area (Å²) in [4.78, 5) is 15.8. The van der Waals surface area contributed by atoms with Gasteiger partial charge in [0, 0.05) is 51.9 Å². The fraction of sp³-hybridized carbons (Fsp3) is 0.700. The van der Waals surface area contributed by atoms with Gasteiger partial charge in [0.15, 0.2) is 11.6 Å². The van der Waals surface area contributed by atoms with E-state index in [-0.39, 0.29) is 24.0 Å². The number of rotatable bonds is 11. The van der Waals surface area contributed by atoms with Crippen LogP contribution in [0.5, 0.6) is 0 Å². The third kappa shape index (κ3) is 7.86. The molecule has 2 aromatic rings. The summed E-state index contributed by atoms with van der Waals surface area (Å²) in [5, 5.41) is 15.2. The van der Waals surface area contributed by atoms with E-state index in [1.165, 1.54) is 0 Å². The Morgan fingerprint density at radius 1 is 1.13 bits per heavy atom. The van der Waals surface area contributed by atoms with Crippen molar-refractivity contribution in [3.05, 3.63) is 12.5 Å². The Morgan fingerprint density at radius 3 is 2.53 bits per heavy atom. The molecule has 170 valence electrons. The first-order valence-electron chi connectivity index (χ1n) is 10.6. The maximum Gasteiger partial charge on any atom is 0.191 e. The average Bonchev–Trinajstić information content (AvgIpc) is 3.06. The molecular weight excluding hydrogens is 493 g/mol. The predicted molar refractivity (Wildman–Crippen MR) is 136 cm³/mol. The minimum Gasteiger partial charge on any atom is -0.368 e. The lowest BCUT2D eigenvalue weighted by atomic mass is 10.2. The standard InChI is InChI=1S/C20H37N9.HI/c1-7-21-20(23-9-8-12-29(15(2)3)16(4)5)24-11-10-22-18-17-13-27-28(6)19(17)26-14-25-18;/h13-16H,7-12H2,1-6H3,(H2,21,23,24)(H,22,25,26);1H. The van der Waals surface area contributed by atoms with E-state index in [2.05, 4.69) is 70.5 Å². The maximum absolute atomic E-state index is 4.70. The van der Waals surface area contributed by atoms with Crippen LogP contribution in [0, 0.1) is 0 Å². The van der Waals surface area contributed by atoms with Crippen LogP contribution in [0.1, 0.15) is 41.0 Å².